The van der Waals surface area contributed by atoms with Crippen molar-refractivity contribution < 1.29 is 4.43 Å². The first kappa shape index (κ1) is 13.0. The van der Waals surface area contributed by atoms with Crippen LogP contribution in [0.25, 0.3) is 0 Å². The average molecular weight is 254 g/mol. The monoisotopic (exact) mass is 253 g/mol. The van der Waals surface area contributed by atoms with Crippen LogP contribution in [0.5, 0.6) is 0 Å². The Kier molecular flexibility index (Phi) is 4.32. The van der Waals surface area contributed by atoms with Crippen molar-refractivity contribution >= 4 is 26.1 Å². The molecule has 86 valence electrons. The normalized spacial score (nSPS) is 11.8. The van der Waals surface area contributed by atoms with E-state index in [1.54, 1.807) is 6.21 Å². The second-order valence-electron chi connectivity index (χ2n) is 4.42. The molecule has 0 radical (unpaired) electrons. The fourth-order valence-corrected chi connectivity index (χ4v) is 2.07. The Morgan fingerprint density at radius 2 is 2.12 bits per heavy atom. The van der Waals surface area contributed by atoms with Crippen LogP contribution in [0.15, 0.2) is 41.7 Å². The Hall–Kier alpha value is -1.06. The summed E-state index contributed by atoms with van der Waals surface area (Å²) in [7, 11) is -1.61. The van der Waals surface area contributed by atoms with E-state index in [1.807, 2.05) is 24.3 Å². The minimum Gasteiger partial charge on any atom is -0.532 e. The molecule has 1 aromatic rings. The molecule has 0 N–H and O–H groups in total. The van der Waals surface area contributed by atoms with Gasteiger partial charge in [0.15, 0.2) is 5.88 Å². The van der Waals surface area contributed by atoms with E-state index >= 15 is 0 Å². The highest BCUT2D eigenvalue weighted by molar-refractivity contribution is 6.70. The first-order chi connectivity index (χ1) is 7.37. The van der Waals surface area contributed by atoms with Crippen LogP contribution in [0.1, 0.15) is 5.56 Å². The van der Waals surface area contributed by atoms with E-state index in [-0.39, 0.29) is 0 Å². The summed E-state index contributed by atoms with van der Waals surface area (Å²) in [6.07, 6.45) is 1.70. The third-order valence-electron chi connectivity index (χ3n) is 1.63. The molecule has 0 unspecified atom stereocenters. The molecule has 0 bridgehead atoms. The topological polar surface area (TPSA) is 21.6 Å². The van der Waals surface area contributed by atoms with Crippen LogP contribution >= 0.6 is 11.6 Å². The molecule has 0 heterocycles. The zero-order chi connectivity index (χ0) is 12.2. The van der Waals surface area contributed by atoms with E-state index in [4.69, 9.17) is 16.0 Å². The summed E-state index contributed by atoms with van der Waals surface area (Å²) >= 11 is 5.86. The lowest BCUT2D eigenvalue weighted by Gasteiger charge is -2.17. The van der Waals surface area contributed by atoms with Gasteiger partial charge in [0.05, 0.1) is 0 Å². The lowest BCUT2D eigenvalue weighted by atomic mass is 10.2. The predicted molar refractivity (Wildman–Crippen MR) is 72.6 cm³/mol. The molecule has 0 saturated heterocycles. The van der Waals surface area contributed by atoms with Crippen LogP contribution in [-0.2, 0) is 4.43 Å². The molecule has 0 spiro atoms. The van der Waals surface area contributed by atoms with Crippen LogP contribution in [0.2, 0.25) is 24.7 Å². The second-order valence-corrected chi connectivity index (χ2v) is 9.29. The van der Waals surface area contributed by atoms with Crippen molar-refractivity contribution in [2.45, 2.75) is 19.6 Å². The Balaban J connectivity index is 2.64. The SMILES string of the molecule is C=C(/N=C/c1cccc(Cl)c1)O[Si](C)(C)C. The first-order valence-corrected chi connectivity index (χ1v) is 8.83. The zero-order valence-electron chi connectivity index (χ0n) is 9.83. The van der Waals surface area contributed by atoms with Gasteiger partial charge >= 0.3 is 0 Å². The molecule has 0 aromatic heterocycles. The fourth-order valence-electron chi connectivity index (χ4n) is 1.11. The summed E-state index contributed by atoms with van der Waals surface area (Å²) < 4.78 is 5.60. The largest absolute Gasteiger partial charge is 0.532 e. The Morgan fingerprint density at radius 1 is 1.44 bits per heavy atom. The maximum absolute atomic E-state index is 5.86. The van der Waals surface area contributed by atoms with Crippen molar-refractivity contribution in [3.8, 4) is 0 Å². The molecule has 2 nitrogen and oxygen atoms in total. The first-order valence-electron chi connectivity index (χ1n) is 5.04. The van der Waals surface area contributed by atoms with Gasteiger partial charge in [0.1, 0.15) is 0 Å². The number of halogens is 1. The van der Waals surface area contributed by atoms with Gasteiger partial charge in [-0.25, -0.2) is 4.99 Å². The molecule has 0 aliphatic rings. The number of aliphatic imine (C=N–C) groups is 1. The smallest absolute Gasteiger partial charge is 0.244 e. The third-order valence-corrected chi connectivity index (χ3v) is 2.71. The minimum absolute atomic E-state index is 0.458. The maximum Gasteiger partial charge on any atom is 0.244 e. The molecule has 1 rings (SSSR count). The summed E-state index contributed by atoms with van der Waals surface area (Å²) in [5.41, 5.74) is 0.938. The van der Waals surface area contributed by atoms with Gasteiger partial charge in [-0.15, -0.1) is 0 Å². The molecule has 0 aliphatic carbocycles. The van der Waals surface area contributed by atoms with Gasteiger partial charge in [-0.2, -0.15) is 0 Å². The van der Waals surface area contributed by atoms with Gasteiger partial charge in [0.2, 0.25) is 8.32 Å². The molecule has 0 amide bonds. The number of rotatable bonds is 4. The summed E-state index contributed by atoms with van der Waals surface area (Å²) in [4.78, 5) is 4.16. The van der Waals surface area contributed by atoms with Gasteiger partial charge in [-0.05, 0) is 43.9 Å². The molecular formula is C12H16ClNOSi. The van der Waals surface area contributed by atoms with E-state index in [9.17, 15) is 0 Å². The van der Waals surface area contributed by atoms with Crippen molar-refractivity contribution in [1.29, 1.82) is 0 Å². The quantitative estimate of drug-likeness (QED) is 0.450. The van der Waals surface area contributed by atoms with Crippen LogP contribution in [0.3, 0.4) is 0 Å². The summed E-state index contributed by atoms with van der Waals surface area (Å²) in [6, 6.07) is 7.47. The van der Waals surface area contributed by atoms with E-state index in [2.05, 4.69) is 31.2 Å². The van der Waals surface area contributed by atoms with Gasteiger partial charge in [-0.1, -0.05) is 23.7 Å². The summed E-state index contributed by atoms with van der Waals surface area (Å²) in [5, 5.41) is 0.695. The van der Waals surface area contributed by atoms with Crippen molar-refractivity contribution in [3.05, 3.63) is 47.3 Å². The average Bonchev–Trinajstić information content (AvgIpc) is 2.12. The Bertz CT molecular complexity index is 410. The molecule has 1 aromatic carbocycles. The van der Waals surface area contributed by atoms with Crippen molar-refractivity contribution in [2.24, 2.45) is 4.99 Å². The van der Waals surface area contributed by atoms with Gasteiger partial charge in [0.25, 0.3) is 0 Å². The zero-order valence-corrected chi connectivity index (χ0v) is 11.6. The highest BCUT2D eigenvalue weighted by Crippen LogP contribution is 2.11. The summed E-state index contributed by atoms with van der Waals surface area (Å²) in [6.45, 7) is 10.0. The molecular weight excluding hydrogens is 238 g/mol. The molecule has 4 heteroatoms. The van der Waals surface area contributed by atoms with Gasteiger partial charge in [0, 0.05) is 11.2 Å². The summed E-state index contributed by atoms with van der Waals surface area (Å²) in [5.74, 6) is 0.458. The minimum atomic E-state index is -1.61. The van der Waals surface area contributed by atoms with Crippen LogP contribution < -0.4 is 0 Å². The molecule has 0 atom stereocenters. The van der Waals surface area contributed by atoms with Crippen molar-refractivity contribution in [2.75, 3.05) is 0 Å². The molecule has 0 fully saturated rings. The predicted octanol–water partition coefficient (Wildman–Crippen LogP) is 4.08. The maximum atomic E-state index is 5.86. The molecule has 0 aliphatic heterocycles. The van der Waals surface area contributed by atoms with E-state index in [0.717, 1.165) is 5.56 Å². The lowest BCUT2D eigenvalue weighted by molar-refractivity contribution is 0.421. The lowest BCUT2D eigenvalue weighted by Crippen LogP contribution is -2.24. The fraction of sp³-hybridized carbons (Fsp3) is 0.250. The Morgan fingerprint density at radius 3 is 2.69 bits per heavy atom. The van der Waals surface area contributed by atoms with E-state index < -0.39 is 8.32 Å². The standard InChI is InChI=1S/C12H16ClNOSi/c1-10(15-16(2,3)4)14-9-11-6-5-7-12(13)8-11/h5-9H,1H2,2-4H3/b14-9+. The van der Waals surface area contributed by atoms with Crippen molar-refractivity contribution in [1.82, 2.24) is 0 Å². The van der Waals surface area contributed by atoms with Crippen LogP contribution in [0, 0.1) is 0 Å². The second kappa shape index (κ2) is 5.32. The van der Waals surface area contributed by atoms with Crippen LogP contribution in [0.4, 0.5) is 0 Å². The highest BCUT2D eigenvalue weighted by Gasteiger charge is 2.16. The molecule has 0 saturated carbocycles. The Labute approximate surface area is 103 Å². The number of benzene rings is 1. The van der Waals surface area contributed by atoms with Crippen LogP contribution in [-0.4, -0.2) is 14.5 Å². The van der Waals surface area contributed by atoms with Crippen molar-refractivity contribution in [3.63, 3.8) is 0 Å². The van der Waals surface area contributed by atoms with E-state index in [1.165, 1.54) is 0 Å². The number of hydrogen-bond donors (Lipinski definition) is 0. The molecule has 16 heavy (non-hydrogen) atoms. The van der Waals surface area contributed by atoms with Gasteiger partial charge in [-0.3, -0.25) is 0 Å². The van der Waals surface area contributed by atoms with Gasteiger partial charge < -0.3 is 4.43 Å². The number of nitrogens with zero attached hydrogens (tertiary/aromatic N) is 1. The third kappa shape index (κ3) is 5.14. The number of hydrogen-bond acceptors (Lipinski definition) is 2. The van der Waals surface area contributed by atoms with E-state index in [0.29, 0.717) is 10.9 Å². The highest BCUT2D eigenvalue weighted by atomic mass is 35.5.